The quantitative estimate of drug-likeness (QED) is 0.751. The zero-order valence-corrected chi connectivity index (χ0v) is 14.5. The molecule has 0 bridgehead atoms. The zero-order valence-electron chi connectivity index (χ0n) is 11.3. The highest BCUT2D eigenvalue weighted by Gasteiger charge is 2.16. The van der Waals surface area contributed by atoms with Gasteiger partial charge in [0.1, 0.15) is 0 Å². The molecule has 1 aliphatic heterocycles. The first-order valence-electron chi connectivity index (χ1n) is 6.94. The van der Waals surface area contributed by atoms with Gasteiger partial charge < -0.3 is 10.1 Å². The minimum atomic E-state index is 0.412. The number of nitrogens with one attached hydrogen (secondary N) is 1. The Hall–Kier alpha value is 0.1000. The van der Waals surface area contributed by atoms with E-state index in [9.17, 15) is 0 Å². The summed E-state index contributed by atoms with van der Waals surface area (Å²) in [5.74, 6) is 0. The van der Waals surface area contributed by atoms with Gasteiger partial charge >= 0.3 is 0 Å². The summed E-state index contributed by atoms with van der Waals surface area (Å²) in [7, 11) is 2.03. The lowest BCUT2D eigenvalue weighted by molar-refractivity contribution is 0.101. The van der Waals surface area contributed by atoms with E-state index in [4.69, 9.17) is 4.74 Å². The molecule has 2 unspecified atom stereocenters. The van der Waals surface area contributed by atoms with Crippen molar-refractivity contribution in [3.63, 3.8) is 0 Å². The maximum atomic E-state index is 5.68. The van der Waals surface area contributed by atoms with Crippen LogP contribution in [0, 0.1) is 0 Å². The summed E-state index contributed by atoms with van der Waals surface area (Å²) in [4.78, 5) is 0. The SMILES string of the molecule is CNC(CCCC1CCCO1)c1cc(Br)cc(Br)c1. The van der Waals surface area contributed by atoms with Crippen molar-refractivity contribution < 1.29 is 4.74 Å². The summed E-state index contributed by atoms with van der Waals surface area (Å²) in [6, 6.07) is 6.87. The topological polar surface area (TPSA) is 21.3 Å². The Morgan fingerprint density at radius 2 is 2.05 bits per heavy atom. The second-order valence-electron chi connectivity index (χ2n) is 5.11. The van der Waals surface area contributed by atoms with Gasteiger partial charge in [-0.2, -0.15) is 0 Å². The highest BCUT2D eigenvalue weighted by atomic mass is 79.9. The highest BCUT2D eigenvalue weighted by molar-refractivity contribution is 9.11. The molecular weight excluding hydrogens is 370 g/mol. The van der Waals surface area contributed by atoms with E-state index in [2.05, 4.69) is 55.4 Å². The summed E-state index contributed by atoms with van der Waals surface area (Å²) in [5.41, 5.74) is 1.33. The molecule has 1 aromatic carbocycles. The lowest BCUT2D eigenvalue weighted by Gasteiger charge is -2.18. The van der Waals surface area contributed by atoms with E-state index in [-0.39, 0.29) is 0 Å². The summed E-state index contributed by atoms with van der Waals surface area (Å²) >= 11 is 7.11. The standard InChI is InChI=1S/C15H21Br2NO/c1-18-15(6-2-4-14-5-3-7-19-14)11-8-12(16)10-13(17)9-11/h8-10,14-15,18H,2-7H2,1H3. The van der Waals surface area contributed by atoms with Crippen LogP contribution in [0.25, 0.3) is 0 Å². The van der Waals surface area contributed by atoms with Gasteiger partial charge in [-0.25, -0.2) is 0 Å². The number of halogens is 2. The lowest BCUT2D eigenvalue weighted by atomic mass is 9.99. The second-order valence-corrected chi connectivity index (χ2v) is 6.94. The Morgan fingerprint density at radius 3 is 2.63 bits per heavy atom. The Kier molecular flexibility index (Phi) is 6.33. The van der Waals surface area contributed by atoms with Crippen molar-refractivity contribution in [1.29, 1.82) is 0 Å². The van der Waals surface area contributed by atoms with Gasteiger partial charge in [0.25, 0.3) is 0 Å². The van der Waals surface area contributed by atoms with Crippen LogP contribution in [-0.2, 0) is 4.74 Å². The molecule has 2 atom stereocenters. The van der Waals surface area contributed by atoms with Crippen LogP contribution in [0.1, 0.15) is 43.7 Å². The maximum Gasteiger partial charge on any atom is 0.0576 e. The van der Waals surface area contributed by atoms with Gasteiger partial charge in [0, 0.05) is 21.6 Å². The number of rotatable bonds is 6. The summed E-state index contributed by atoms with van der Waals surface area (Å²) < 4.78 is 7.92. The third-order valence-electron chi connectivity index (χ3n) is 3.68. The largest absolute Gasteiger partial charge is 0.378 e. The Morgan fingerprint density at radius 1 is 1.32 bits per heavy atom. The summed E-state index contributed by atoms with van der Waals surface area (Å²) in [6.45, 7) is 0.957. The molecule has 1 fully saturated rings. The van der Waals surface area contributed by atoms with Crippen LogP contribution in [0.4, 0.5) is 0 Å². The highest BCUT2D eigenvalue weighted by Crippen LogP contribution is 2.27. The molecule has 4 heteroatoms. The van der Waals surface area contributed by atoms with E-state index in [0.29, 0.717) is 12.1 Å². The minimum absolute atomic E-state index is 0.412. The first-order valence-corrected chi connectivity index (χ1v) is 8.52. The average Bonchev–Trinajstić information content (AvgIpc) is 2.86. The van der Waals surface area contributed by atoms with Crippen LogP contribution >= 0.6 is 31.9 Å². The molecular formula is C15H21Br2NO. The molecule has 0 aliphatic carbocycles. The summed E-state index contributed by atoms with van der Waals surface area (Å²) in [6.07, 6.45) is 6.53. The van der Waals surface area contributed by atoms with Crippen molar-refractivity contribution in [2.24, 2.45) is 0 Å². The lowest BCUT2D eigenvalue weighted by Crippen LogP contribution is -2.17. The van der Waals surface area contributed by atoms with Gasteiger partial charge in [-0.1, -0.05) is 31.9 Å². The zero-order chi connectivity index (χ0) is 13.7. The second kappa shape index (κ2) is 7.77. The Labute approximate surface area is 132 Å². The molecule has 0 spiro atoms. The van der Waals surface area contributed by atoms with Gasteiger partial charge in [-0.15, -0.1) is 0 Å². The van der Waals surface area contributed by atoms with Crippen molar-refractivity contribution in [2.75, 3.05) is 13.7 Å². The number of hydrogen-bond donors (Lipinski definition) is 1. The molecule has 0 amide bonds. The molecule has 0 radical (unpaired) electrons. The van der Waals surface area contributed by atoms with Crippen molar-refractivity contribution >= 4 is 31.9 Å². The van der Waals surface area contributed by atoms with Crippen LogP contribution < -0.4 is 5.32 Å². The van der Waals surface area contributed by atoms with E-state index in [1.54, 1.807) is 0 Å². The van der Waals surface area contributed by atoms with Gasteiger partial charge in [0.2, 0.25) is 0 Å². The van der Waals surface area contributed by atoms with Gasteiger partial charge in [-0.3, -0.25) is 0 Å². The third-order valence-corrected chi connectivity index (χ3v) is 4.59. The first-order chi connectivity index (χ1) is 9.19. The number of ether oxygens (including phenoxy) is 1. The van der Waals surface area contributed by atoms with Crippen molar-refractivity contribution in [3.05, 3.63) is 32.7 Å². The van der Waals surface area contributed by atoms with E-state index >= 15 is 0 Å². The van der Waals surface area contributed by atoms with Crippen molar-refractivity contribution in [1.82, 2.24) is 5.32 Å². The van der Waals surface area contributed by atoms with Crippen LogP contribution in [0.5, 0.6) is 0 Å². The predicted octanol–water partition coefficient (Wildman–Crippen LogP) is 4.82. The molecule has 1 heterocycles. The fourth-order valence-corrected chi connectivity index (χ4v) is 4.00. The van der Waals surface area contributed by atoms with Crippen LogP contribution in [0.2, 0.25) is 0 Å². The van der Waals surface area contributed by atoms with E-state index in [0.717, 1.165) is 22.0 Å². The maximum absolute atomic E-state index is 5.68. The molecule has 1 saturated heterocycles. The van der Waals surface area contributed by atoms with Crippen molar-refractivity contribution in [2.45, 2.75) is 44.2 Å². The Balaban J connectivity index is 1.87. The smallest absolute Gasteiger partial charge is 0.0576 e. The van der Waals surface area contributed by atoms with E-state index < -0.39 is 0 Å². The molecule has 0 saturated carbocycles. The van der Waals surface area contributed by atoms with Crippen molar-refractivity contribution in [3.8, 4) is 0 Å². The van der Waals surface area contributed by atoms with Crippen LogP contribution in [-0.4, -0.2) is 19.8 Å². The van der Waals surface area contributed by atoms with Gasteiger partial charge in [-0.05, 0) is 62.9 Å². The van der Waals surface area contributed by atoms with E-state index in [1.807, 2.05) is 7.05 Å². The average molecular weight is 391 g/mol. The molecule has 2 nitrogen and oxygen atoms in total. The molecule has 1 aromatic rings. The molecule has 1 N–H and O–H groups in total. The van der Waals surface area contributed by atoms with E-state index in [1.165, 1.54) is 31.2 Å². The van der Waals surface area contributed by atoms with Crippen LogP contribution in [0.15, 0.2) is 27.1 Å². The summed E-state index contributed by atoms with van der Waals surface area (Å²) in [5, 5.41) is 3.42. The number of benzene rings is 1. The normalized spacial score (nSPS) is 20.7. The first kappa shape index (κ1) is 15.5. The third kappa shape index (κ3) is 4.85. The molecule has 19 heavy (non-hydrogen) atoms. The molecule has 0 aromatic heterocycles. The molecule has 1 aliphatic rings. The predicted molar refractivity (Wildman–Crippen MR) is 86.5 cm³/mol. The minimum Gasteiger partial charge on any atom is -0.378 e. The monoisotopic (exact) mass is 389 g/mol. The fraction of sp³-hybridized carbons (Fsp3) is 0.600. The fourth-order valence-electron chi connectivity index (χ4n) is 2.68. The molecule has 2 rings (SSSR count). The van der Waals surface area contributed by atoms with Gasteiger partial charge in [0.05, 0.1) is 6.10 Å². The van der Waals surface area contributed by atoms with Crippen LogP contribution in [0.3, 0.4) is 0 Å². The Bertz CT molecular complexity index is 385. The van der Waals surface area contributed by atoms with Gasteiger partial charge in [0.15, 0.2) is 0 Å². The number of hydrogen-bond acceptors (Lipinski definition) is 2. The molecule has 106 valence electrons.